The standard InChI is InChI=1S/C16H12Cl2N2O4/c17-11-5-1-9(2-6-11)13(15(21)22)19-20-14(16(23)24)10-3-7-12(18)8-4-10/h1-8,13-14H,(H,21,22)(H,23,24). The average Bonchev–Trinajstić information content (AvgIpc) is 2.53. The van der Waals surface area contributed by atoms with Gasteiger partial charge in [0.2, 0.25) is 0 Å². The highest BCUT2D eigenvalue weighted by atomic mass is 35.5. The number of hydrogen-bond acceptors (Lipinski definition) is 4. The fourth-order valence-electron chi connectivity index (χ4n) is 1.94. The highest BCUT2D eigenvalue weighted by molar-refractivity contribution is 6.30. The van der Waals surface area contributed by atoms with Gasteiger partial charge in [0.05, 0.1) is 0 Å². The second-order valence-corrected chi connectivity index (χ2v) is 5.69. The number of azo groups is 1. The van der Waals surface area contributed by atoms with Gasteiger partial charge in [0, 0.05) is 10.0 Å². The van der Waals surface area contributed by atoms with Gasteiger partial charge in [-0.25, -0.2) is 9.59 Å². The Morgan fingerprint density at radius 1 is 0.708 bits per heavy atom. The van der Waals surface area contributed by atoms with E-state index in [9.17, 15) is 19.8 Å². The Hall–Kier alpha value is -2.44. The van der Waals surface area contributed by atoms with Crippen molar-refractivity contribution in [3.8, 4) is 0 Å². The van der Waals surface area contributed by atoms with Crippen molar-refractivity contribution >= 4 is 35.1 Å². The summed E-state index contributed by atoms with van der Waals surface area (Å²) in [5.74, 6) is -2.50. The van der Waals surface area contributed by atoms with Crippen LogP contribution in [-0.4, -0.2) is 22.2 Å². The largest absolute Gasteiger partial charge is 0.479 e. The smallest absolute Gasteiger partial charge is 0.335 e. The van der Waals surface area contributed by atoms with Gasteiger partial charge >= 0.3 is 11.9 Å². The van der Waals surface area contributed by atoms with Crippen LogP contribution in [0.2, 0.25) is 10.0 Å². The summed E-state index contributed by atoms with van der Waals surface area (Å²) < 4.78 is 0. The van der Waals surface area contributed by atoms with Crippen molar-refractivity contribution in [2.75, 3.05) is 0 Å². The minimum atomic E-state index is -1.32. The van der Waals surface area contributed by atoms with Crippen molar-refractivity contribution in [2.24, 2.45) is 10.2 Å². The zero-order valence-corrected chi connectivity index (χ0v) is 13.6. The van der Waals surface area contributed by atoms with E-state index in [-0.39, 0.29) is 0 Å². The number of rotatable bonds is 6. The molecule has 2 atom stereocenters. The highest BCUT2D eigenvalue weighted by Crippen LogP contribution is 2.25. The fourth-order valence-corrected chi connectivity index (χ4v) is 2.19. The molecule has 0 aliphatic rings. The summed E-state index contributed by atoms with van der Waals surface area (Å²) >= 11 is 11.5. The lowest BCUT2D eigenvalue weighted by Crippen LogP contribution is -2.12. The quantitative estimate of drug-likeness (QED) is 0.740. The van der Waals surface area contributed by atoms with E-state index in [0.29, 0.717) is 21.2 Å². The summed E-state index contributed by atoms with van der Waals surface area (Å²) in [5.41, 5.74) is 0.687. The predicted octanol–water partition coefficient (Wildman–Crippen LogP) is 4.40. The maximum Gasteiger partial charge on any atom is 0.335 e. The molecular weight excluding hydrogens is 355 g/mol. The second kappa shape index (κ2) is 7.90. The first-order chi connectivity index (χ1) is 11.4. The Bertz CT molecular complexity index is 695. The van der Waals surface area contributed by atoms with Crippen molar-refractivity contribution in [1.29, 1.82) is 0 Å². The van der Waals surface area contributed by atoms with E-state index in [2.05, 4.69) is 10.2 Å². The SMILES string of the molecule is O=C(O)C(N=NC(C(=O)O)c1ccc(Cl)cc1)c1ccc(Cl)cc1. The number of carbonyl (C=O) groups is 2. The van der Waals surface area contributed by atoms with Gasteiger partial charge < -0.3 is 10.2 Å². The Morgan fingerprint density at radius 3 is 1.25 bits per heavy atom. The van der Waals surface area contributed by atoms with Gasteiger partial charge in [0.1, 0.15) is 0 Å². The van der Waals surface area contributed by atoms with Gasteiger partial charge in [-0.15, -0.1) is 0 Å². The summed E-state index contributed by atoms with van der Waals surface area (Å²) in [5, 5.41) is 26.9. The summed E-state index contributed by atoms with van der Waals surface area (Å²) in [7, 11) is 0. The van der Waals surface area contributed by atoms with E-state index >= 15 is 0 Å². The van der Waals surface area contributed by atoms with Crippen LogP contribution in [0, 0.1) is 0 Å². The first-order valence-electron chi connectivity index (χ1n) is 6.75. The third-order valence-electron chi connectivity index (χ3n) is 3.14. The van der Waals surface area contributed by atoms with Gasteiger partial charge in [0.25, 0.3) is 0 Å². The van der Waals surface area contributed by atoms with E-state index < -0.39 is 24.0 Å². The Kier molecular flexibility index (Phi) is 5.89. The van der Waals surface area contributed by atoms with E-state index in [1.54, 1.807) is 0 Å². The lowest BCUT2D eigenvalue weighted by atomic mass is 10.1. The van der Waals surface area contributed by atoms with E-state index in [4.69, 9.17) is 23.2 Å². The molecule has 0 saturated carbocycles. The molecule has 0 aromatic heterocycles. The molecular formula is C16H12Cl2N2O4. The molecule has 0 spiro atoms. The topological polar surface area (TPSA) is 99.3 Å². The molecule has 0 amide bonds. The molecule has 2 unspecified atom stereocenters. The van der Waals surface area contributed by atoms with E-state index in [1.165, 1.54) is 48.5 Å². The summed E-state index contributed by atoms with van der Waals surface area (Å²) in [6.07, 6.45) is 0. The Morgan fingerprint density at radius 2 is 1.00 bits per heavy atom. The second-order valence-electron chi connectivity index (χ2n) is 4.82. The third kappa shape index (κ3) is 4.53. The number of aliphatic carboxylic acids is 2. The minimum absolute atomic E-state index is 0.343. The molecule has 2 aromatic rings. The first kappa shape index (κ1) is 17.9. The number of halogens is 2. The van der Waals surface area contributed by atoms with E-state index in [1.807, 2.05) is 0 Å². The summed E-state index contributed by atoms with van der Waals surface area (Å²) in [6, 6.07) is 9.44. The minimum Gasteiger partial charge on any atom is -0.479 e. The molecule has 124 valence electrons. The summed E-state index contributed by atoms with van der Waals surface area (Å²) in [4.78, 5) is 22.8. The van der Waals surface area contributed by atoms with Crippen LogP contribution in [-0.2, 0) is 9.59 Å². The Labute approximate surface area is 147 Å². The highest BCUT2D eigenvalue weighted by Gasteiger charge is 2.23. The number of nitrogens with zero attached hydrogens (tertiary/aromatic N) is 2. The molecule has 0 bridgehead atoms. The molecule has 6 nitrogen and oxygen atoms in total. The molecule has 0 saturated heterocycles. The van der Waals surface area contributed by atoms with Gasteiger partial charge in [-0.05, 0) is 35.4 Å². The number of hydrogen-bond donors (Lipinski definition) is 2. The van der Waals surface area contributed by atoms with Crippen LogP contribution >= 0.6 is 23.2 Å². The van der Waals surface area contributed by atoms with Gasteiger partial charge in [-0.2, -0.15) is 10.2 Å². The van der Waals surface area contributed by atoms with Crippen LogP contribution < -0.4 is 0 Å². The number of benzene rings is 2. The predicted molar refractivity (Wildman–Crippen MR) is 88.5 cm³/mol. The average molecular weight is 367 g/mol. The molecule has 0 aliphatic carbocycles. The fraction of sp³-hybridized carbons (Fsp3) is 0.125. The van der Waals surface area contributed by atoms with Crippen LogP contribution in [0.15, 0.2) is 58.8 Å². The molecule has 0 fully saturated rings. The van der Waals surface area contributed by atoms with Crippen molar-refractivity contribution in [1.82, 2.24) is 0 Å². The third-order valence-corrected chi connectivity index (χ3v) is 3.64. The normalized spacial score (nSPS) is 13.6. The Balaban J connectivity index is 2.31. The van der Waals surface area contributed by atoms with Crippen molar-refractivity contribution in [3.05, 3.63) is 69.7 Å². The molecule has 2 aromatic carbocycles. The number of carboxylic acids is 2. The zero-order chi connectivity index (χ0) is 17.7. The molecule has 8 heteroatoms. The molecule has 24 heavy (non-hydrogen) atoms. The molecule has 0 aliphatic heterocycles. The molecule has 2 N–H and O–H groups in total. The van der Waals surface area contributed by atoms with Crippen molar-refractivity contribution in [2.45, 2.75) is 12.1 Å². The van der Waals surface area contributed by atoms with Gasteiger partial charge in [-0.3, -0.25) is 0 Å². The maximum atomic E-state index is 11.4. The van der Waals surface area contributed by atoms with Crippen LogP contribution in [0.4, 0.5) is 0 Å². The summed E-state index contributed by atoms with van der Waals surface area (Å²) in [6.45, 7) is 0. The van der Waals surface area contributed by atoms with E-state index in [0.717, 1.165) is 0 Å². The zero-order valence-electron chi connectivity index (χ0n) is 12.1. The molecule has 0 radical (unpaired) electrons. The maximum absolute atomic E-state index is 11.4. The monoisotopic (exact) mass is 366 g/mol. The lowest BCUT2D eigenvalue weighted by Gasteiger charge is -2.10. The van der Waals surface area contributed by atoms with Crippen LogP contribution in [0.3, 0.4) is 0 Å². The van der Waals surface area contributed by atoms with Crippen molar-refractivity contribution in [3.63, 3.8) is 0 Å². The van der Waals surface area contributed by atoms with Gasteiger partial charge in [0.15, 0.2) is 12.1 Å². The van der Waals surface area contributed by atoms with Crippen LogP contribution in [0.5, 0.6) is 0 Å². The first-order valence-corrected chi connectivity index (χ1v) is 7.50. The molecule has 2 rings (SSSR count). The van der Waals surface area contributed by atoms with Crippen LogP contribution in [0.1, 0.15) is 23.2 Å². The van der Waals surface area contributed by atoms with Gasteiger partial charge in [-0.1, -0.05) is 47.5 Å². The lowest BCUT2D eigenvalue weighted by molar-refractivity contribution is -0.140. The number of carboxylic acid groups (broad SMARTS) is 2. The van der Waals surface area contributed by atoms with Crippen LogP contribution in [0.25, 0.3) is 0 Å². The van der Waals surface area contributed by atoms with Crippen molar-refractivity contribution < 1.29 is 19.8 Å². The molecule has 0 heterocycles.